The number of aromatic nitrogens is 1. The molecular weight excluding hydrogens is 489 g/mol. The van der Waals surface area contributed by atoms with Crippen molar-refractivity contribution < 1.29 is 19.0 Å². The van der Waals surface area contributed by atoms with E-state index in [1.54, 1.807) is 25.3 Å². The number of piperidine rings is 1. The summed E-state index contributed by atoms with van der Waals surface area (Å²) >= 11 is 0. The molecule has 0 unspecified atom stereocenters. The molecule has 164 valence electrons. The van der Waals surface area contributed by atoms with Gasteiger partial charge in [0.05, 0.1) is 13.2 Å². The molecule has 2 heterocycles. The van der Waals surface area contributed by atoms with Gasteiger partial charge in [-0.05, 0) is 25.8 Å². The van der Waals surface area contributed by atoms with E-state index in [0.29, 0.717) is 51.3 Å². The van der Waals surface area contributed by atoms with Gasteiger partial charge >= 0.3 is 6.09 Å². The normalized spacial score (nSPS) is 14.7. The number of nitrogens with one attached hydrogen (secondary N) is 2. The number of methoxy groups -OCH3 is 1. The lowest BCUT2D eigenvalue weighted by molar-refractivity contribution is 0.0963. The van der Waals surface area contributed by atoms with E-state index in [1.165, 1.54) is 0 Å². The number of pyridine rings is 1. The zero-order valence-corrected chi connectivity index (χ0v) is 19.7. The Kier molecular flexibility index (Phi) is 12.4. The molecule has 1 saturated heterocycles. The Balaban J connectivity index is 0.00000420. The monoisotopic (exact) mass is 521 g/mol. The minimum Gasteiger partial charge on any atom is -0.475 e. The maximum absolute atomic E-state index is 11.8. The topological polar surface area (TPSA) is 97.3 Å². The largest absolute Gasteiger partial charge is 0.475 e. The zero-order chi connectivity index (χ0) is 20.2. The summed E-state index contributed by atoms with van der Waals surface area (Å²) in [5.41, 5.74) is 0.943. The second-order valence-electron chi connectivity index (χ2n) is 6.34. The van der Waals surface area contributed by atoms with Crippen molar-refractivity contribution >= 4 is 36.0 Å². The first-order valence-electron chi connectivity index (χ1n) is 9.62. The van der Waals surface area contributed by atoms with E-state index in [1.807, 2.05) is 19.1 Å². The number of hydrogen-bond donors (Lipinski definition) is 2. The van der Waals surface area contributed by atoms with Gasteiger partial charge < -0.3 is 29.7 Å². The van der Waals surface area contributed by atoms with Crippen LogP contribution in [0.15, 0.2) is 23.3 Å². The van der Waals surface area contributed by atoms with E-state index in [9.17, 15) is 4.79 Å². The number of carbonyl (C=O) groups is 1. The predicted molar refractivity (Wildman–Crippen MR) is 122 cm³/mol. The highest BCUT2D eigenvalue weighted by molar-refractivity contribution is 14.0. The fourth-order valence-corrected chi connectivity index (χ4v) is 2.90. The van der Waals surface area contributed by atoms with Crippen LogP contribution in [-0.2, 0) is 16.0 Å². The van der Waals surface area contributed by atoms with Gasteiger partial charge in [0.15, 0.2) is 5.96 Å². The first-order chi connectivity index (χ1) is 13.7. The average Bonchev–Trinajstić information content (AvgIpc) is 2.72. The molecule has 0 bridgehead atoms. The van der Waals surface area contributed by atoms with E-state index < -0.39 is 0 Å². The highest BCUT2D eigenvalue weighted by Gasteiger charge is 2.24. The number of halogens is 1. The lowest BCUT2D eigenvalue weighted by Gasteiger charge is -2.32. The van der Waals surface area contributed by atoms with E-state index in [0.717, 1.165) is 18.4 Å². The van der Waals surface area contributed by atoms with Crippen LogP contribution in [0.3, 0.4) is 0 Å². The fraction of sp³-hybridized carbons (Fsp3) is 0.632. The number of ether oxygens (including phenoxy) is 3. The SMILES string of the molecule is CCOC(=O)N1CCC(NC(=NC)NCc2cccnc2OCCOC)CC1.I. The van der Waals surface area contributed by atoms with Crippen LogP contribution in [0.5, 0.6) is 5.88 Å². The van der Waals surface area contributed by atoms with E-state index in [2.05, 4.69) is 20.6 Å². The number of hydrogen-bond acceptors (Lipinski definition) is 6. The summed E-state index contributed by atoms with van der Waals surface area (Å²) in [6, 6.07) is 4.09. The van der Waals surface area contributed by atoms with Crippen LogP contribution >= 0.6 is 24.0 Å². The molecule has 1 aliphatic heterocycles. The molecule has 2 N–H and O–H groups in total. The second-order valence-corrected chi connectivity index (χ2v) is 6.34. The third kappa shape index (κ3) is 8.60. The summed E-state index contributed by atoms with van der Waals surface area (Å²) in [4.78, 5) is 22.1. The van der Waals surface area contributed by atoms with Crippen molar-refractivity contribution in [3.63, 3.8) is 0 Å². The Bertz CT molecular complexity index is 639. The smallest absolute Gasteiger partial charge is 0.409 e. The Morgan fingerprint density at radius 1 is 1.34 bits per heavy atom. The van der Waals surface area contributed by atoms with Crippen LogP contribution in [0.2, 0.25) is 0 Å². The Hall–Kier alpha value is -1.82. The standard InChI is InChI=1S/C19H31N5O4.HI/c1-4-27-19(25)24-10-7-16(8-11-24)23-18(20-2)22-14-15-6-5-9-21-17(15)28-13-12-26-3;/h5-6,9,16H,4,7-8,10-14H2,1-3H3,(H2,20,22,23);1H. The van der Waals surface area contributed by atoms with Crippen LogP contribution in [-0.4, -0.2) is 75.0 Å². The van der Waals surface area contributed by atoms with Gasteiger partial charge in [-0.2, -0.15) is 0 Å². The van der Waals surface area contributed by atoms with Gasteiger partial charge in [-0.15, -0.1) is 24.0 Å². The molecule has 0 aromatic carbocycles. The van der Waals surface area contributed by atoms with Gasteiger partial charge in [-0.1, -0.05) is 6.07 Å². The number of aliphatic imine (C=N–C) groups is 1. The Morgan fingerprint density at radius 3 is 2.76 bits per heavy atom. The molecular formula is C19H32IN5O4. The van der Waals surface area contributed by atoms with E-state index >= 15 is 0 Å². The first kappa shape index (κ1) is 25.2. The van der Waals surface area contributed by atoms with Gasteiger partial charge in [0.25, 0.3) is 0 Å². The molecule has 1 amide bonds. The molecule has 29 heavy (non-hydrogen) atoms. The van der Waals surface area contributed by atoms with Gasteiger partial charge in [-0.25, -0.2) is 9.78 Å². The molecule has 0 radical (unpaired) electrons. The van der Waals surface area contributed by atoms with Gasteiger partial charge in [0.1, 0.15) is 6.61 Å². The Morgan fingerprint density at radius 2 is 2.10 bits per heavy atom. The molecule has 0 spiro atoms. The molecule has 1 fully saturated rings. The second kappa shape index (κ2) is 14.2. The summed E-state index contributed by atoms with van der Waals surface area (Å²) in [5.74, 6) is 1.30. The lowest BCUT2D eigenvalue weighted by Crippen LogP contribution is -2.49. The number of nitrogens with zero attached hydrogens (tertiary/aromatic N) is 3. The van der Waals surface area contributed by atoms with Crippen molar-refractivity contribution in [3.8, 4) is 5.88 Å². The van der Waals surface area contributed by atoms with Crippen LogP contribution in [0.1, 0.15) is 25.3 Å². The maximum Gasteiger partial charge on any atom is 0.409 e. The summed E-state index contributed by atoms with van der Waals surface area (Å²) in [5, 5.41) is 6.72. The average molecular weight is 521 g/mol. The quantitative estimate of drug-likeness (QED) is 0.234. The third-order valence-electron chi connectivity index (χ3n) is 4.41. The highest BCUT2D eigenvalue weighted by Crippen LogP contribution is 2.14. The van der Waals surface area contributed by atoms with Gasteiger partial charge in [-0.3, -0.25) is 4.99 Å². The zero-order valence-electron chi connectivity index (χ0n) is 17.3. The number of rotatable bonds is 8. The van der Waals surface area contributed by atoms with Crippen molar-refractivity contribution in [2.24, 2.45) is 4.99 Å². The summed E-state index contributed by atoms with van der Waals surface area (Å²) in [6.45, 7) is 5.07. The first-order valence-corrected chi connectivity index (χ1v) is 9.62. The number of carbonyl (C=O) groups excluding carboxylic acids is 1. The highest BCUT2D eigenvalue weighted by atomic mass is 127. The lowest BCUT2D eigenvalue weighted by atomic mass is 10.1. The summed E-state index contributed by atoms with van der Waals surface area (Å²) in [6.07, 6.45) is 3.16. The van der Waals surface area contributed by atoms with Crippen molar-refractivity contribution in [1.29, 1.82) is 0 Å². The van der Waals surface area contributed by atoms with Crippen LogP contribution < -0.4 is 15.4 Å². The predicted octanol–water partition coefficient (Wildman–Crippen LogP) is 2.01. The molecule has 2 rings (SSSR count). The number of likely N-dealkylation sites (tertiary alicyclic amines) is 1. The molecule has 10 heteroatoms. The molecule has 0 saturated carbocycles. The summed E-state index contributed by atoms with van der Waals surface area (Å²) < 4.78 is 15.7. The van der Waals surface area contributed by atoms with Crippen molar-refractivity contribution in [2.75, 3.05) is 47.1 Å². The van der Waals surface area contributed by atoms with Crippen molar-refractivity contribution in [2.45, 2.75) is 32.4 Å². The van der Waals surface area contributed by atoms with E-state index in [4.69, 9.17) is 14.2 Å². The van der Waals surface area contributed by atoms with Crippen LogP contribution in [0.4, 0.5) is 4.79 Å². The molecule has 1 aromatic rings. The minimum atomic E-state index is -0.235. The molecule has 1 aromatic heterocycles. The van der Waals surface area contributed by atoms with Gasteiger partial charge in [0.2, 0.25) is 5.88 Å². The van der Waals surface area contributed by atoms with Gasteiger partial charge in [0, 0.05) is 51.6 Å². The van der Waals surface area contributed by atoms with Crippen LogP contribution in [0, 0.1) is 0 Å². The van der Waals surface area contributed by atoms with E-state index in [-0.39, 0.29) is 36.1 Å². The minimum absolute atomic E-state index is 0. The van der Waals surface area contributed by atoms with Crippen molar-refractivity contribution in [1.82, 2.24) is 20.5 Å². The third-order valence-corrected chi connectivity index (χ3v) is 4.41. The van der Waals surface area contributed by atoms with Crippen LogP contribution in [0.25, 0.3) is 0 Å². The maximum atomic E-state index is 11.8. The molecule has 0 aliphatic carbocycles. The van der Waals surface area contributed by atoms with Crippen molar-refractivity contribution in [3.05, 3.63) is 23.9 Å². The summed E-state index contributed by atoms with van der Waals surface area (Å²) in [7, 11) is 3.37. The fourth-order valence-electron chi connectivity index (χ4n) is 2.90. The number of amides is 1. The number of guanidine groups is 1. The molecule has 9 nitrogen and oxygen atoms in total. The molecule has 1 aliphatic rings. The Labute approximate surface area is 189 Å². The molecule has 0 atom stereocenters.